The Bertz CT molecular complexity index is 894. The monoisotopic (exact) mass is 452 g/mol. The molecule has 32 heavy (non-hydrogen) atoms. The summed E-state index contributed by atoms with van der Waals surface area (Å²) in [4.78, 5) is 21.9. The van der Waals surface area contributed by atoms with Crippen LogP contribution in [0.4, 0.5) is 10.8 Å². The number of nitrogens with one attached hydrogen (secondary N) is 1. The van der Waals surface area contributed by atoms with E-state index in [-0.39, 0.29) is 5.91 Å². The Morgan fingerprint density at radius 3 is 2.91 bits per heavy atom. The number of benzene rings is 1. The van der Waals surface area contributed by atoms with Crippen LogP contribution in [0.2, 0.25) is 0 Å². The first kappa shape index (κ1) is 23.0. The molecule has 1 aromatic carbocycles. The van der Waals surface area contributed by atoms with E-state index in [1.807, 2.05) is 47.7 Å². The molecule has 0 unspecified atom stereocenters. The molecule has 1 aliphatic carbocycles. The number of hydrogen-bond acceptors (Lipinski definition) is 5. The standard InChI is InChI=1S/C26H36N4OS/c1-29(23-14-8-5-9-15-23)26-28-24(20-32-26)25(31)27-17-22-13-10-16-30(19-22)18-21-11-6-3-2-4-7-12-21/h5,8-9,11,14-15,20,22H,2-4,6-7,10,12-13,16-19H2,1H3,(H,27,31)/b21-11+/t22-/m1/s1. The predicted molar refractivity (Wildman–Crippen MR) is 134 cm³/mol. The SMILES string of the molecule is CN(c1ccccc1)c1nc(C(=O)NC[C@H]2CCCN(C/C3=C/CCCCCC3)C2)cs1. The van der Waals surface area contributed by atoms with Crippen molar-refractivity contribution in [3.05, 3.63) is 53.1 Å². The van der Waals surface area contributed by atoms with Gasteiger partial charge in [-0.05, 0) is 63.1 Å². The Kier molecular flexibility index (Phi) is 8.35. The van der Waals surface area contributed by atoms with Crippen LogP contribution < -0.4 is 10.2 Å². The van der Waals surface area contributed by atoms with Gasteiger partial charge in [0.2, 0.25) is 0 Å². The summed E-state index contributed by atoms with van der Waals surface area (Å²) >= 11 is 1.50. The first-order chi connectivity index (χ1) is 15.7. The first-order valence-electron chi connectivity index (χ1n) is 12.1. The fraction of sp³-hybridized carbons (Fsp3) is 0.538. The van der Waals surface area contributed by atoms with Gasteiger partial charge in [-0.1, -0.05) is 42.7 Å². The number of likely N-dealkylation sites (tertiary alicyclic amines) is 1. The number of aromatic nitrogens is 1. The summed E-state index contributed by atoms with van der Waals surface area (Å²) in [5, 5.41) is 5.84. The van der Waals surface area contributed by atoms with Crippen LogP contribution in [0.15, 0.2) is 47.4 Å². The molecule has 172 valence electrons. The molecule has 5 nitrogen and oxygen atoms in total. The van der Waals surface area contributed by atoms with Crippen molar-refractivity contribution in [2.24, 2.45) is 5.92 Å². The Balaban J connectivity index is 1.26. The fourth-order valence-corrected chi connectivity index (χ4v) is 5.55. The van der Waals surface area contributed by atoms with E-state index in [4.69, 9.17) is 0 Å². The summed E-state index contributed by atoms with van der Waals surface area (Å²) in [7, 11) is 1.98. The summed E-state index contributed by atoms with van der Waals surface area (Å²) in [6, 6.07) is 10.1. The van der Waals surface area contributed by atoms with Crippen molar-refractivity contribution in [3.63, 3.8) is 0 Å². The number of para-hydroxylation sites is 1. The molecular weight excluding hydrogens is 416 g/mol. The van der Waals surface area contributed by atoms with E-state index in [2.05, 4.69) is 21.3 Å². The number of amides is 1. The Morgan fingerprint density at radius 1 is 1.19 bits per heavy atom. The van der Waals surface area contributed by atoms with Gasteiger partial charge in [0.05, 0.1) is 0 Å². The highest BCUT2D eigenvalue weighted by atomic mass is 32.1. The average Bonchev–Trinajstić information content (AvgIpc) is 3.30. The van der Waals surface area contributed by atoms with Crippen LogP contribution in [-0.2, 0) is 0 Å². The van der Waals surface area contributed by atoms with E-state index < -0.39 is 0 Å². The maximum atomic E-state index is 12.7. The smallest absolute Gasteiger partial charge is 0.270 e. The van der Waals surface area contributed by atoms with Crippen LogP contribution in [0.5, 0.6) is 0 Å². The summed E-state index contributed by atoms with van der Waals surface area (Å²) in [5.74, 6) is 0.459. The Morgan fingerprint density at radius 2 is 2.03 bits per heavy atom. The molecule has 1 saturated heterocycles. The van der Waals surface area contributed by atoms with Crippen molar-refractivity contribution < 1.29 is 4.79 Å². The third kappa shape index (κ3) is 6.42. The van der Waals surface area contributed by atoms with Gasteiger partial charge in [-0.3, -0.25) is 9.69 Å². The molecule has 1 amide bonds. The zero-order valence-corrected chi connectivity index (χ0v) is 20.1. The van der Waals surface area contributed by atoms with E-state index in [1.165, 1.54) is 69.2 Å². The third-order valence-corrected chi connectivity index (χ3v) is 7.54. The number of carbonyl (C=O) groups is 1. The summed E-state index contributed by atoms with van der Waals surface area (Å²) in [6.45, 7) is 4.11. The normalized spacial score (nSPS) is 21.8. The van der Waals surface area contributed by atoms with Crippen molar-refractivity contribution in [2.45, 2.75) is 51.4 Å². The maximum Gasteiger partial charge on any atom is 0.270 e. The molecule has 0 bridgehead atoms. The second-order valence-electron chi connectivity index (χ2n) is 9.18. The van der Waals surface area contributed by atoms with Crippen LogP contribution in [0, 0.1) is 5.92 Å². The van der Waals surface area contributed by atoms with E-state index in [0.29, 0.717) is 11.6 Å². The lowest BCUT2D eigenvalue weighted by atomic mass is 9.95. The van der Waals surface area contributed by atoms with Crippen LogP contribution in [-0.4, -0.2) is 49.0 Å². The van der Waals surface area contributed by atoms with Crippen molar-refractivity contribution >= 4 is 28.1 Å². The van der Waals surface area contributed by atoms with Crippen molar-refractivity contribution in [1.82, 2.24) is 15.2 Å². The number of allylic oxidation sites excluding steroid dienone is 1. The number of thiazole rings is 1. The molecule has 1 atom stereocenters. The lowest BCUT2D eigenvalue weighted by Crippen LogP contribution is -2.41. The zero-order valence-electron chi connectivity index (χ0n) is 19.3. The van der Waals surface area contributed by atoms with Gasteiger partial charge in [-0.25, -0.2) is 4.98 Å². The van der Waals surface area contributed by atoms with E-state index in [9.17, 15) is 4.79 Å². The van der Waals surface area contributed by atoms with Crippen LogP contribution in [0.1, 0.15) is 61.9 Å². The molecule has 1 aromatic heterocycles. The zero-order chi connectivity index (χ0) is 22.2. The van der Waals surface area contributed by atoms with E-state index >= 15 is 0 Å². The van der Waals surface area contributed by atoms with Crippen molar-refractivity contribution in [2.75, 3.05) is 38.1 Å². The minimum Gasteiger partial charge on any atom is -0.350 e. The van der Waals surface area contributed by atoms with Gasteiger partial charge in [0, 0.05) is 37.7 Å². The minimum atomic E-state index is -0.0613. The van der Waals surface area contributed by atoms with E-state index in [0.717, 1.165) is 30.5 Å². The molecule has 0 saturated carbocycles. The third-order valence-electron chi connectivity index (χ3n) is 6.62. The lowest BCUT2D eigenvalue weighted by Gasteiger charge is -2.33. The van der Waals surface area contributed by atoms with Gasteiger partial charge in [0.15, 0.2) is 5.13 Å². The topological polar surface area (TPSA) is 48.5 Å². The minimum absolute atomic E-state index is 0.0613. The number of piperidine rings is 1. The molecular formula is C26H36N4OS. The molecule has 0 radical (unpaired) electrons. The van der Waals surface area contributed by atoms with Crippen LogP contribution in [0.3, 0.4) is 0 Å². The van der Waals surface area contributed by atoms with Crippen molar-refractivity contribution in [3.8, 4) is 0 Å². The maximum absolute atomic E-state index is 12.7. The Hall–Kier alpha value is -2.18. The highest BCUT2D eigenvalue weighted by molar-refractivity contribution is 7.14. The summed E-state index contributed by atoms with van der Waals surface area (Å²) < 4.78 is 0. The number of nitrogens with zero attached hydrogens (tertiary/aromatic N) is 3. The van der Waals surface area contributed by atoms with Gasteiger partial charge >= 0.3 is 0 Å². The fourth-order valence-electron chi connectivity index (χ4n) is 4.76. The summed E-state index contributed by atoms with van der Waals surface area (Å²) in [6.07, 6.45) is 12.9. The molecule has 1 N–H and O–H groups in total. The summed E-state index contributed by atoms with van der Waals surface area (Å²) in [5.41, 5.74) is 3.21. The van der Waals surface area contributed by atoms with Gasteiger partial charge in [-0.15, -0.1) is 11.3 Å². The predicted octanol–water partition coefficient (Wildman–Crippen LogP) is 5.63. The molecule has 4 rings (SSSR count). The van der Waals surface area contributed by atoms with Gasteiger partial charge in [0.25, 0.3) is 5.91 Å². The Labute approximate surface area is 196 Å². The molecule has 2 aliphatic rings. The average molecular weight is 453 g/mol. The van der Waals surface area contributed by atoms with Gasteiger partial charge < -0.3 is 10.2 Å². The second kappa shape index (κ2) is 11.6. The lowest BCUT2D eigenvalue weighted by molar-refractivity contribution is 0.0930. The molecule has 2 heterocycles. The van der Waals surface area contributed by atoms with Gasteiger partial charge in [-0.2, -0.15) is 0 Å². The van der Waals surface area contributed by atoms with Gasteiger partial charge in [0.1, 0.15) is 5.69 Å². The van der Waals surface area contributed by atoms with Crippen LogP contribution in [0.25, 0.3) is 0 Å². The van der Waals surface area contributed by atoms with Crippen LogP contribution >= 0.6 is 11.3 Å². The molecule has 6 heteroatoms. The number of rotatable bonds is 7. The van der Waals surface area contributed by atoms with Crippen molar-refractivity contribution in [1.29, 1.82) is 0 Å². The number of anilines is 2. The molecule has 1 aliphatic heterocycles. The van der Waals surface area contributed by atoms with E-state index in [1.54, 1.807) is 5.57 Å². The second-order valence-corrected chi connectivity index (χ2v) is 10.0. The quantitative estimate of drug-likeness (QED) is 0.553. The largest absolute Gasteiger partial charge is 0.350 e. The molecule has 2 aromatic rings. The number of hydrogen-bond donors (Lipinski definition) is 1. The molecule has 1 fully saturated rings. The molecule has 0 spiro atoms. The highest BCUT2D eigenvalue weighted by Crippen LogP contribution is 2.27. The highest BCUT2D eigenvalue weighted by Gasteiger charge is 2.22. The number of carbonyl (C=O) groups excluding carboxylic acids is 1. The first-order valence-corrected chi connectivity index (χ1v) is 13.0.